The first-order valence-corrected chi connectivity index (χ1v) is 7.31. The molecule has 0 aromatic rings. The van der Waals surface area contributed by atoms with Crippen molar-refractivity contribution in [3.8, 4) is 0 Å². The minimum atomic E-state index is -4.87. The maximum atomic E-state index is 12.6. The van der Waals surface area contributed by atoms with Crippen molar-refractivity contribution in [3.63, 3.8) is 0 Å². The largest absolute Gasteiger partial charge is 0.471 e. The SMILES string of the molecule is CC(C)(C)OC(=O)N1CCCC2(CCN2C(=O)C(F)(F)F)C1. The molecule has 2 fully saturated rings. The minimum absolute atomic E-state index is 0.0838. The lowest BCUT2D eigenvalue weighted by Gasteiger charge is -2.56. The molecule has 0 saturated carbocycles. The van der Waals surface area contributed by atoms with Crippen LogP contribution in [0.15, 0.2) is 0 Å². The third-order valence-electron chi connectivity index (χ3n) is 4.07. The van der Waals surface area contributed by atoms with E-state index in [1.54, 1.807) is 20.8 Å². The summed E-state index contributed by atoms with van der Waals surface area (Å²) in [4.78, 5) is 25.9. The summed E-state index contributed by atoms with van der Waals surface area (Å²) in [6.07, 6.45) is -3.90. The average Bonchev–Trinajstić information content (AvgIpc) is 2.34. The van der Waals surface area contributed by atoms with Gasteiger partial charge in [-0.3, -0.25) is 4.79 Å². The Labute approximate surface area is 127 Å². The van der Waals surface area contributed by atoms with Gasteiger partial charge in [0, 0.05) is 19.6 Å². The second-order valence-electron chi connectivity index (χ2n) is 6.93. The molecule has 0 aromatic carbocycles. The Morgan fingerprint density at radius 2 is 1.73 bits per heavy atom. The third-order valence-corrected chi connectivity index (χ3v) is 4.07. The van der Waals surface area contributed by atoms with E-state index in [0.717, 1.165) is 4.90 Å². The van der Waals surface area contributed by atoms with E-state index in [9.17, 15) is 22.8 Å². The van der Waals surface area contributed by atoms with Crippen LogP contribution in [0.2, 0.25) is 0 Å². The molecule has 2 aliphatic rings. The van der Waals surface area contributed by atoms with E-state index in [1.807, 2.05) is 0 Å². The van der Waals surface area contributed by atoms with Gasteiger partial charge in [0.2, 0.25) is 0 Å². The smallest absolute Gasteiger partial charge is 0.444 e. The van der Waals surface area contributed by atoms with E-state index in [4.69, 9.17) is 4.74 Å². The number of rotatable bonds is 0. The van der Waals surface area contributed by atoms with Gasteiger partial charge in [0.25, 0.3) is 0 Å². The zero-order valence-corrected chi connectivity index (χ0v) is 13.0. The van der Waals surface area contributed by atoms with Crippen LogP contribution in [-0.2, 0) is 9.53 Å². The predicted octanol–water partition coefficient (Wildman–Crippen LogP) is 2.55. The molecule has 1 atom stereocenters. The zero-order valence-electron chi connectivity index (χ0n) is 13.0. The van der Waals surface area contributed by atoms with Crippen LogP contribution in [0.1, 0.15) is 40.0 Å². The van der Waals surface area contributed by atoms with Crippen LogP contribution in [0.4, 0.5) is 18.0 Å². The van der Waals surface area contributed by atoms with Gasteiger partial charge in [-0.05, 0) is 40.0 Å². The monoisotopic (exact) mass is 322 g/mol. The standard InChI is InChI=1S/C14H21F3N2O3/c1-12(2,3)22-11(21)18-7-4-5-13(9-18)6-8-19(13)10(20)14(15,16)17/h4-9H2,1-3H3. The van der Waals surface area contributed by atoms with Crippen LogP contribution < -0.4 is 0 Å². The summed E-state index contributed by atoms with van der Waals surface area (Å²) >= 11 is 0. The predicted molar refractivity (Wildman–Crippen MR) is 72.2 cm³/mol. The van der Waals surface area contributed by atoms with Crippen molar-refractivity contribution >= 4 is 12.0 Å². The molecule has 22 heavy (non-hydrogen) atoms. The van der Waals surface area contributed by atoms with Gasteiger partial charge in [-0.25, -0.2) is 4.79 Å². The first kappa shape index (κ1) is 16.9. The molecule has 5 nitrogen and oxygen atoms in total. The van der Waals surface area contributed by atoms with Crippen LogP contribution in [0.25, 0.3) is 0 Å². The van der Waals surface area contributed by atoms with E-state index >= 15 is 0 Å². The summed E-state index contributed by atoms with van der Waals surface area (Å²) in [5, 5.41) is 0. The van der Waals surface area contributed by atoms with Gasteiger partial charge in [0.15, 0.2) is 0 Å². The summed E-state index contributed by atoms with van der Waals surface area (Å²) in [5.41, 5.74) is -1.55. The number of piperidine rings is 1. The lowest BCUT2D eigenvalue weighted by atomic mass is 9.77. The number of nitrogens with zero attached hydrogens (tertiary/aromatic N) is 2. The van der Waals surface area contributed by atoms with Crippen molar-refractivity contribution in [1.29, 1.82) is 0 Å². The molecule has 2 heterocycles. The van der Waals surface area contributed by atoms with Gasteiger partial charge in [-0.1, -0.05) is 0 Å². The van der Waals surface area contributed by atoms with Gasteiger partial charge in [-0.2, -0.15) is 13.2 Å². The van der Waals surface area contributed by atoms with Gasteiger partial charge in [-0.15, -0.1) is 0 Å². The van der Waals surface area contributed by atoms with Crippen molar-refractivity contribution < 1.29 is 27.5 Å². The van der Waals surface area contributed by atoms with Crippen molar-refractivity contribution in [1.82, 2.24) is 9.80 Å². The molecule has 0 N–H and O–H groups in total. The lowest BCUT2D eigenvalue weighted by molar-refractivity contribution is -0.203. The fraction of sp³-hybridized carbons (Fsp3) is 0.857. The number of carbonyl (C=O) groups excluding carboxylic acids is 2. The van der Waals surface area contributed by atoms with Crippen LogP contribution in [0, 0.1) is 0 Å². The molecule has 0 aromatic heterocycles. The molecule has 0 radical (unpaired) electrons. The topological polar surface area (TPSA) is 49.9 Å². The molecule has 2 amide bonds. The van der Waals surface area contributed by atoms with Crippen molar-refractivity contribution in [2.75, 3.05) is 19.6 Å². The first-order valence-electron chi connectivity index (χ1n) is 7.31. The Morgan fingerprint density at radius 1 is 1.09 bits per heavy atom. The average molecular weight is 322 g/mol. The second kappa shape index (κ2) is 5.31. The highest BCUT2D eigenvalue weighted by Crippen LogP contribution is 2.41. The summed E-state index contributed by atoms with van der Waals surface area (Å²) in [7, 11) is 0. The number of carbonyl (C=O) groups is 2. The molecule has 2 saturated heterocycles. The number of amides is 2. The molecule has 8 heteroatoms. The van der Waals surface area contributed by atoms with Gasteiger partial charge in [0.1, 0.15) is 5.60 Å². The second-order valence-corrected chi connectivity index (χ2v) is 6.93. The van der Waals surface area contributed by atoms with Crippen molar-refractivity contribution in [2.45, 2.75) is 57.3 Å². The molecular weight excluding hydrogens is 301 g/mol. The Bertz CT molecular complexity index is 473. The fourth-order valence-corrected chi connectivity index (χ4v) is 3.03. The maximum absolute atomic E-state index is 12.6. The summed E-state index contributed by atoms with van der Waals surface area (Å²) in [6.45, 7) is 5.81. The van der Waals surface area contributed by atoms with Crippen LogP contribution in [-0.4, -0.2) is 58.8 Å². The molecule has 2 aliphatic heterocycles. The molecule has 126 valence electrons. The van der Waals surface area contributed by atoms with Gasteiger partial charge in [0.05, 0.1) is 5.54 Å². The lowest BCUT2D eigenvalue weighted by Crippen LogP contribution is -2.70. The van der Waals surface area contributed by atoms with E-state index in [-0.39, 0.29) is 13.1 Å². The molecule has 0 bridgehead atoms. The summed E-state index contributed by atoms with van der Waals surface area (Å²) in [6, 6.07) is 0. The fourth-order valence-electron chi connectivity index (χ4n) is 3.03. The first-order chi connectivity index (χ1) is 9.95. The number of hydrogen-bond donors (Lipinski definition) is 0. The Kier molecular flexibility index (Phi) is 4.08. The number of hydrogen-bond acceptors (Lipinski definition) is 3. The van der Waals surface area contributed by atoms with Gasteiger partial charge >= 0.3 is 18.2 Å². The van der Waals surface area contributed by atoms with E-state index in [1.165, 1.54) is 4.90 Å². The Balaban J connectivity index is 2.07. The van der Waals surface area contributed by atoms with Crippen LogP contribution in [0.3, 0.4) is 0 Å². The molecule has 2 rings (SSSR count). The van der Waals surface area contributed by atoms with Crippen LogP contribution >= 0.6 is 0 Å². The number of halogens is 3. The Hall–Kier alpha value is -1.47. The maximum Gasteiger partial charge on any atom is 0.471 e. The van der Waals surface area contributed by atoms with E-state index < -0.39 is 29.3 Å². The van der Waals surface area contributed by atoms with Crippen molar-refractivity contribution in [2.24, 2.45) is 0 Å². The van der Waals surface area contributed by atoms with Crippen LogP contribution in [0.5, 0.6) is 0 Å². The van der Waals surface area contributed by atoms with E-state index in [0.29, 0.717) is 25.8 Å². The quantitative estimate of drug-likeness (QED) is 0.689. The highest BCUT2D eigenvalue weighted by molar-refractivity contribution is 5.83. The minimum Gasteiger partial charge on any atom is -0.444 e. The highest BCUT2D eigenvalue weighted by atomic mass is 19.4. The molecule has 1 spiro atoms. The molecular formula is C14H21F3N2O3. The summed E-state index contributed by atoms with van der Waals surface area (Å²) < 4.78 is 43.2. The number of likely N-dealkylation sites (tertiary alicyclic amines) is 2. The molecule has 1 unspecified atom stereocenters. The summed E-state index contributed by atoms with van der Waals surface area (Å²) in [5.74, 6) is -1.82. The third kappa shape index (κ3) is 3.30. The normalized spacial score (nSPS) is 25.9. The number of ether oxygens (including phenoxy) is 1. The van der Waals surface area contributed by atoms with Crippen molar-refractivity contribution in [3.05, 3.63) is 0 Å². The highest BCUT2D eigenvalue weighted by Gasteiger charge is 2.56. The number of alkyl halides is 3. The zero-order chi connectivity index (χ0) is 16.8. The van der Waals surface area contributed by atoms with E-state index in [2.05, 4.69) is 0 Å². The van der Waals surface area contributed by atoms with Gasteiger partial charge < -0.3 is 14.5 Å². The Morgan fingerprint density at radius 3 is 2.18 bits per heavy atom. The molecule has 0 aliphatic carbocycles.